The van der Waals surface area contributed by atoms with E-state index < -0.39 is 12.0 Å². The van der Waals surface area contributed by atoms with E-state index in [1.807, 2.05) is 24.3 Å². The molecule has 0 aliphatic heterocycles. The first-order valence-electron chi connectivity index (χ1n) is 5.87. The quantitative estimate of drug-likeness (QED) is 0.830. The number of aliphatic carboxylic acids is 1. The van der Waals surface area contributed by atoms with E-state index in [9.17, 15) is 9.59 Å². The summed E-state index contributed by atoms with van der Waals surface area (Å²) >= 11 is 3.41. The first-order chi connectivity index (χ1) is 8.91. The number of carboxylic acid groups (broad SMARTS) is 1. The van der Waals surface area contributed by atoms with Gasteiger partial charge < -0.3 is 15.7 Å². The predicted octanol–water partition coefficient (Wildman–Crippen LogP) is 1.60. The molecule has 0 saturated heterocycles. The molecule has 0 radical (unpaired) electrons. The van der Waals surface area contributed by atoms with Crippen LogP contribution in [0.1, 0.15) is 18.4 Å². The molecule has 0 spiro atoms. The maximum Gasteiger partial charge on any atom is 0.303 e. The van der Waals surface area contributed by atoms with Crippen LogP contribution in [0.15, 0.2) is 28.7 Å². The number of nitrogens with two attached hydrogens (primary N) is 1. The molecule has 0 bridgehead atoms. The molecule has 104 valence electrons. The maximum atomic E-state index is 12.0. The van der Waals surface area contributed by atoms with Crippen LogP contribution >= 0.6 is 15.9 Å². The number of hydrogen-bond acceptors (Lipinski definition) is 3. The first-order valence-corrected chi connectivity index (χ1v) is 6.67. The monoisotopic (exact) mass is 328 g/mol. The predicted molar refractivity (Wildman–Crippen MR) is 75.5 cm³/mol. The minimum absolute atomic E-state index is 0.101. The fraction of sp³-hybridized carbons (Fsp3) is 0.385. The Hall–Kier alpha value is -1.40. The summed E-state index contributed by atoms with van der Waals surface area (Å²) < 4.78 is 0.925. The number of rotatable bonds is 6. The van der Waals surface area contributed by atoms with E-state index >= 15 is 0 Å². The molecular formula is C13H17BrN2O3. The molecule has 1 aromatic carbocycles. The summed E-state index contributed by atoms with van der Waals surface area (Å²) in [5, 5.41) is 8.57. The zero-order valence-electron chi connectivity index (χ0n) is 10.7. The number of carbonyl (C=O) groups is 2. The van der Waals surface area contributed by atoms with E-state index in [4.69, 9.17) is 10.8 Å². The van der Waals surface area contributed by atoms with Crippen molar-refractivity contribution in [2.24, 2.45) is 5.73 Å². The number of amides is 1. The Morgan fingerprint density at radius 1 is 1.42 bits per heavy atom. The van der Waals surface area contributed by atoms with Gasteiger partial charge in [0.15, 0.2) is 0 Å². The highest BCUT2D eigenvalue weighted by atomic mass is 79.9. The van der Waals surface area contributed by atoms with Crippen LogP contribution < -0.4 is 5.73 Å². The molecule has 6 heteroatoms. The van der Waals surface area contributed by atoms with Crippen molar-refractivity contribution < 1.29 is 14.7 Å². The van der Waals surface area contributed by atoms with E-state index in [0.717, 1.165) is 10.0 Å². The molecule has 1 unspecified atom stereocenters. The molecule has 1 rings (SSSR count). The van der Waals surface area contributed by atoms with Crippen molar-refractivity contribution in [1.29, 1.82) is 0 Å². The fourth-order valence-corrected chi connectivity index (χ4v) is 2.06. The average molecular weight is 329 g/mol. The Balaban J connectivity index is 2.57. The molecule has 0 aliphatic carbocycles. The molecule has 19 heavy (non-hydrogen) atoms. The molecule has 1 aromatic rings. The summed E-state index contributed by atoms with van der Waals surface area (Å²) in [5.41, 5.74) is 6.67. The molecule has 5 nitrogen and oxygen atoms in total. The van der Waals surface area contributed by atoms with E-state index in [2.05, 4.69) is 15.9 Å². The van der Waals surface area contributed by atoms with Gasteiger partial charge in [-0.2, -0.15) is 0 Å². The van der Waals surface area contributed by atoms with Gasteiger partial charge in [-0.25, -0.2) is 0 Å². The second-order valence-corrected chi connectivity index (χ2v) is 5.18. The molecular weight excluding hydrogens is 312 g/mol. The molecule has 0 aromatic heterocycles. The lowest BCUT2D eigenvalue weighted by Crippen LogP contribution is -2.41. The van der Waals surface area contributed by atoms with Gasteiger partial charge in [0.2, 0.25) is 5.91 Å². The number of carboxylic acids is 1. The lowest BCUT2D eigenvalue weighted by molar-refractivity contribution is -0.137. The summed E-state index contributed by atoms with van der Waals surface area (Å²) in [6, 6.07) is 6.83. The first kappa shape index (κ1) is 15.7. The number of hydrogen-bond donors (Lipinski definition) is 2. The molecule has 0 aliphatic rings. The fourth-order valence-electron chi connectivity index (χ4n) is 1.65. The molecule has 0 heterocycles. The number of carbonyl (C=O) groups excluding carboxylic acids is 1. The molecule has 1 atom stereocenters. The molecule has 0 fully saturated rings. The van der Waals surface area contributed by atoms with Crippen molar-refractivity contribution in [3.05, 3.63) is 34.3 Å². The summed E-state index contributed by atoms with van der Waals surface area (Å²) in [7, 11) is 1.66. The maximum absolute atomic E-state index is 12.0. The third-order valence-electron chi connectivity index (χ3n) is 2.73. The number of halogens is 1. The normalized spacial score (nSPS) is 11.9. The Morgan fingerprint density at radius 3 is 2.63 bits per heavy atom. The van der Waals surface area contributed by atoms with Gasteiger partial charge >= 0.3 is 5.97 Å². The van der Waals surface area contributed by atoms with Crippen LogP contribution in [0, 0.1) is 0 Å². The van der Waals surface area contributed by atoms with Crippen molar-refractivity contribution in [1.82, 2.24) is 4.90 Å². The molecule has 1 amide bonds. The van der Waals surface area contributed by atoms with Gasteiger partial charge in [-0.1, -0.05) is 34.1 Å². The van der Waals surface area contributed by atoms with E-state index in [0.29, 0.717) is 6.54 Å². The topological polar surface area (TPSA) is 83.6 Å². The van der Waals surface area contributed by atoms with Crippen LogP contribution in [0.5, 0.6) is 0 Å². The Labute approximate surface area is 120 Å². The minimum Gasteiger partial charge on any atom is -0.481 e. The lowest BCUT2D eigenvalue weighted by atomic mass is 10.1. The van der Waals surface area contributed by atoms with Gasteiger partial charge in [-0.15, -0.1) is 0 Å². The standard InChI is InChI=1S/C13H17BrN2O3/c1-16(8-9-4-2-3-5-10(9)14)13(19)11(15)6-7-12(17)18/h2-5,11H,6-8,15H2,1H3,(H,17,18). The number of nitrogens with zero attached hydrogens (tertiary/aromatic N) is 1. The SMILES string of the molecule is CN(Cc1ccccc1Br)C(=O)C(N)CCC(=O)O. The molecule has 0 saturated carbocycles. The van der Waals surface area contributed by atoms with Crippen LogP contribution in [0.4, 0.5) is 0 Å². The van der Waals surface area contributed by atoms with E-state index in [1.54, 1.807) is 7.05 Å². The van der Waals surface area contributed by atoms with Gasteiger partial charge in [0.05, 0.1) is 6.04 Å². The summed E-state index contributed by atoms with van der Waals surface area (Å²) in [4.78, 5) is 23.9. The zero-order valence-corrected chi connectivity index (χ0v) is 12.3. The number of benzene rings is 1. The van der Waals surface area contributed by atoms with Gasteiger partial charge in [-0.3, -0.25) is 9.59 Å². The Bertz CT molecular complexity index is 465. The van der Waals surface area contributed by atoms with Crippen molar-refractivity contribution >= 4 is 27.8 Å². The highest BCUT2D eigenvalue weighted by Crippen LogP contribution is 2.17. The van der Waals surface area contributed by atoms with E-state index in [-0.39, 0.29) is 18.7 Å². The smallest absolute Gasteiger partial charge is 0.303 e. The number of likely N-dealkylation sites (N-methyl/N-ethyl adjacent to an activating group) is 1. The largest absolute Gasteiger partial charge is 0.481 e. The average Bonchev–Trinajstić information content (AvgIpc) is 2.37. The van der Waals surface area contributed by atoms with Crippen LogP contribution in [-0.2, 0) is 16.1 Å². The van der Waals surface area contributed by atoms with E-state index in [1.165, 1.54) is 4.90 Å². The zero-order chi connectivity index (χ0) is 14.4. The third kappa shape index (κ3) is 5.00. The van der Waals surface area contributed by atoms with Crippen LogP contribution in [-0.4, -0.2) is 35.0 Å². The van der Waals surface area contributed by atoms with Crippen LogP contribution in [0.3, 0.4) is 0 Å². The highest BCUT2D eigenvalue weighted by molar-refractivity contribution is 9.10. The van der Waals surface area contributed by atoms with Crippen molar-refractivity contribution in [2.45, 2.75) is 25.4 Å². The van der Waals surface area contributed by atoms with Crippen molar-refractivity contribution in [3.8, 4) is 0 Å². The Kier molecular flexibility index (Phi) is 5.98. The van der Waals surface area contributed by atoms with Crippen molar-refractivity contribution in [3.63, 3.8) is 0 Å². The van der Waals surface area contributed by atoms with Gasteiger partial charge in [0, 0.05) is 24.5 Å². The van der Waals surface area contributed by atoms with Crippen molar-refractivity contribution in [2.75, 3.05) is 7.05 Å². The van der Waals surface area contributed by atoms with Crippen LogP contribution in [0.2, 0.25) is 0 Å². The minimum atomic E-state index is -0.947. The van der Waals surface area contributed by atoms with Gasteiger partial charge in [0.1, 0.15) is 0 Å². The van der Waals surface area contributed by atoms with Gasteiger partial charge in [0.25, 0.3) is 0 Å². The Morgan fingerprint density at radius 2 is 2.05 bits per heavy atom. The summed E-state index contributed by atoms with van der Waals surface area (Å²) in [6.07, 6.45) is 0.0459. The summed E-state index contributed by atoms with van der Waals surface area (Å²) in [6.45, 7) is 0.432. The van der Waals surface area contributed by atoms with Crippen LogP contribution in [0.25, 0.3) is 0 Å². The summed E-state index contributed by atoms with van der Waals surface area (Å²) in [5.74, 6) is -1.20. The second-order valence-electron chi connectivity index (χ2n) is 4.32. The highest BCUT2D eigenvalue weighted by Gasteiger charge is 2.19. The second kappa shape index (κ2) is 7.25. The molecule has 3 N–H and O–H groups in total. The van der Waals surface area contributed by atoms with Gasteiger partial charge in [-0.05, 0) is 18.1 Å². The lowest BCUT2D eigenvalue weighted by Gasteiger charge is -2.21. The third-order valence-corrected chi connectivity index (χ3v) is 3.50.